The number of thioether (sulfide) groups is 1. The number of benzene rings is 1. The summed E-state index contributed by atoms with van der Waals surface area (Å²) in [6.45, 7) is 2.31. The fourth-order valence-corrected chi connectivity index (χ4v) is 2.73. The molecule has 1 rings (SSSR count). The van der Waals surface area contributed by atoms with Gasteiger partial charge in [-0.1, -0.05) is 23.2 Å². The van der Waals surface area contributed by atoms with Crippen molar-refractivity contribution in [3.8, 4) is 0 Å². The molecular formula is C13H17Cl2NO2S. The molecule has 1 aromatic carbocycles. The summed E-state index contributed by atoms with van der Waals surface area (Å²) in [7, 11) is 0. The smallest absolute Gasteiger partial charge is 0.230 e. The minimum absolute atomic E-state index is 0.0494. The minimum atomic E-state index is -0.323. The van der Waals surface area contributed by atoms with Gasteiger partial charge in [-0.05, 0) is 38.0 Å². The summed E-state index contributed by atoms with van der Waals surface area (Å²) >= 11 is 13.2. The van der Waals surface area contributed by atoms with Crippen molar-refractivity contribution in [1.82, 2.24) is 5.32 Å². The van der Waals surface area contributed by atoms with Crippen LogP contribution in [0.15, 0.2) is 23.1 Å². The first kappa shape index (κ1) is 16.6. The maximum Gasteiger partial charge on any atom is 0.230 e. The molecule has 0 aliphatic heterocycles. The molecule has 0 saturated heterocycles. The van der Waals surface area contributed by atoms with Gasteiger partial charge in [0.1, 0.15) is 0 Å². The van der Waals surface area contributed by atoms with Gasteiger partial charge < -0.3 is 10.4 Å². The summed E-state index contributed by atoms with van der Waals surface area (Å²) in [6.07, 6.45) is 1.14. The number of aliphatic hydroxyl groups excluding tert-OH is 1. The van der Waals surface area contributed by atoms with E-state index >= 15 is 0 Å². The lowest BCUT2D eigenvalue weighted by atomic mass is 10.2. The number of aliphatic hydroxyl groups is 1. The molecule has 3 nitrogen and oxygen atoms in total. The second-order valence-electron chi connectivity index (χ2n) is 4.20. The molecule has 1 atom stereocenters. The van der Waals surface area contributed by atoms with E-state index < -0.39 is 0 Å². The van der Waals surface area contributed by atoms with E-state index in [1.165, 1.54) is 11.8 Å². The highest BCUT2D eigenvalue weighted by Crippen LogP contribution is 2.29. The van der Waals surface area contributed by atoms with E-state index in [-0.39, 0.29) is 12.0 Å². The van der Waals surface area contributed by atoms with Crippen molar-refractivity contribution in [2.24, 2.45) is 0 Å². The summed E-state index contributed by atoms with van der Waals surface area (Å²) in [4.78, 5) is 12.4. The van der Waals surface area contributed by atoms with E-state index in [2.05, 4.69) is 5.32 Å². The van der Waals surface area contributed by atoms with Crippen LogP contribution < -0.4 is 5.32 Å². The number of carbonyl (C=O) groups excluding carboxylic acids is 1. The third kappa shape index (κ3) is 7.06. The highest BCUT2D eigenvalue weighted by molar-refractivity contribution is 8.00. The van der Waals surface area contributed by atoms with Crippen molar-refractivity contribution in [3.05, 3.63) is 28.2 Å². The zero-order chi connectivity index (χ0) is 14.3. The van der Waals surface area contributed by atoms with Crippen molar-refractivity contribution in [3.63, 3.8) is 0 Å². The third-order valence-electron chi connectivity index (χ3n) is 2.37. The second-order valence-corrected chi connectivity index (χ2v) is 6.07. The Bertz CT molecular complexity index is 427. The average Bonchev–Trinajstić information content (AvgIpc) is 2.35. The molecule has 1 unspecified atom stereocenters. The molecule has 106 valence electrons. The zero-order valence-corrected chi connectivity index (χ0v) is 13.0. The summed E-state index contributed by atoms with van der Waals surface area (Å²) < 4.78 is 0. The molecule has 0 heterocycles. The molecule has 2 N–H and O–H groups in total. The highest BCUT2D eigenvalue weighted by atomic mass is 35.5. The first-order valence-electron chi connectivity index (χ1n) is 6.01. The Hall–Kier alpha value is -0.420. The second kappa shape index (κ2) is 8.69. The molecule has 0 spiro atoms. The minimum Gasteiger partial charge on any atom is -0.393 e. The van der Waals surface area contributed by atoms with E-state index in [0.29, 0.717) is 28.8 Å². The third-order valence-corrected chi connectivity index (χ3v) is 4.10. The molecule has 1 aromatic rings. The SMILES string of the molecule is CC(O)CCCNC(=O)CSc1cc(Cl)ccc1Cl. The van der Waals surface area contributed by atoms with Crippen LogP contribution in [0.4, 0.5) is 0 Å². The van der Waals surface area contributed by atoms with Gasteiger partial charge in [-0.15, -0.1) is 11.8 Å². The van der Waals surface area contributed by atoms with Crippen LogP contribution in [0.2, 0.25) is 10.0 Å². The van der Waals surface area contributed by atoms with Gasteiger partial charge in [-0.2, -0.15) is 0 Å². The predicted molar refractivity (Wildman–Crippen MR) is 81.1 cm³/mol. The Morgan fingerprint density at radius 2 is 2.21 bits per heavy atom. The van der Waals surface area contributed by atoms with Crippen molar-refractivity contribution >= 4 is 40.9 Å². The van der Waals surface area contributed by atoms with E-state index in [1.54, 1.807) is 25.1 Å². The molecule has 0 aliphatic rings. The normalized spacial score (nSPS) is 12.2. The molecule has 6 heteroatoms. The van der Waals surface area contributed by atoms with Crippen molar-refractivity contribution < 1.29 is 9.90 Å². The van der Waals surface area contributed by atoms with Crippen LogP contribution in [-0.2, 0) is 4.79 Å². The number of halogens is 2. The molecule has 0 bridgehead atoms. The molecule has 0 radical (unpaired) electrons. The fourth-order valence-electron chi connectivity index (χ4n) is 1.41. The van der Waals surface area contributed by atoms with E-state index in [4.69, 9.17) is 28.3 Å². The van der Waals surface area contributed by atoms with Gasteiger partial charge in [-0.3, -0.25) is 4.79 Å². The van der Waals surface area contributed by atoms with E-state index in [0.717, 1.165) is 11.3 Å². The zero-order valence-electron chi connectivity index (χ0n) is 10.7. The van der Waals surface area contributed by atoms with Gasteiger partial charge in [0.15, 0.2) is 0 Å². The van der Waals surface area contributed by atoms with E-state index in [1.807, 2.05) is 0 Å². The molecule has 0 saturated carbocycles. The van der Waals surface area contributed by atoms with Crippen LogP contribution in [0.25, 0.3) is 0 Å². The Balaban J connectivity index is 2.28. The number of hydrogen-bond donors (Lipinski definition) is 2. The summed E-state index contributed by atoms with van der Waals surface area (Å²) in [5.74, 6) is 0.251. The first-order chi connectivity index (χ1) is 8.99. The van der Waals surface area contributed by atoms with Crippen LogP contribution in [0.1, 0.15) is 19.8 Å². The van der Waals surface area contributed by atoms with Crippen LogP contribution in [0.3, 0.4) is 0 Å². The quantitative estimate of drug-likeness (QED) is 0.598. The summed E-state index contributed by atoms with van der Waals surface area (Å²) in [5, 5.41) is 13.1. The molecule has 0 aromatic heterocycles. The van der Waals surface area contributed by atoms with Crippen molar-refractivity contribution in [2.75, 3.05) is 12.3 Å². The lowest BCUT2D eigenvalue weighted by molar-refractivity contribution is -0.118. The topological polar surface area (TPSA) is 49.3 Å². The molecule has 0 aliphatic carbocycles. The number of carbonyl (C=O) groups is 1. The number of amides is 1. The van der Waals surface area contributed by atoms with E-state index in [9.17, 15) is 4.79 Å². The van der Waals surface area contributed by atoms with Crippen LogP contribution in [-0.4, -0.2) is 29.4 Å². The van der Waals surface area contributed by atoms with Gasteiger partial charge in [0.25, 0.3) is 0 Å². The number of hydrogen-bond acceptors (Lipinski definition) is 3. The maximum atomic E-state index is 11.6. The summed E-state index contributed by atoms with van der Waals surface area (Å²) in [6, 6.07) is 5.17. The lowest BCUT2D eigenvalue weighted by Crippen LogP contribution is -2.26. The van der Waals surface area contributed by atoms with Gasteiger partial charge in [-0.25, -0.2) is 0 Å². The Kier molecular flexibility index (Phi) is 7.61. The average molecular weight is 322 g/mol. The standard InChI is InChI=1S/C13H17Cl2NO2S/c1-9(17)3-2-6-16-13(18)8-19-12-7-10(14)4-5-11(12)15/h4-5,7,9,17H,2-3,6,8H2,1H3,(H,16,18). The molecule has 0 fully saturated rings. The monoisotopic (exact) mass is 321 g/mol. The number of rotatable bonds is 7. The van der Waals surface area contributed by atoms with Crippen LogP contribution in [0, 0.1) is 0 Å². The number of nitrogens with one attached hydrogen (secondary N) is 1. The molecule has 1 amide bonds. The van der Waals surface area contributed by atoms with Gasteiger partial charge in [0.2, 0.25) is 5.91 Å². The Morgan fingerprint density at radius 1 is 1.47 bits per heavy atom. The van der Waals surface area contributed by atoms with Gasteiger partial charge in [0.05, 0.1) is 16.9 Å². The summed E-state index contributed by atoms with van der Waals surface area (Å²) in [5.41, 5.74) is 0. The maximum absolute atomic E-state index is 11.6. The predicted octanol–water partition coefficient (Wildman–Crippen LogP) is 3.36. The van der Waals surface area contributed by atoms with Crippen molar-refractivity contribution in [1.29, 1.82) is 0 Å². The van der Waals surface area contributed by atoms with Crippen LogP contribution >= 0.6 is 35.0 Å². The van der Waals surface area contributed by atoms with Crippen LogP contribution in [0.5, 0.6) is 0 Å². The Labute approximate surface area is 127 Å². The largest absolute Gasteiger partial charge is 0.393 e. The molecular weight excluding hydrogens is 305 g/mol. The first-order valence-corrected chi connectivity index (χ1v) is 7.76. The Morgan fingerprint density at radius 3 is 2.89 bits per heavy atom. The van der Waals surface area contributed by atoms with Crippen molar-refractivity contribution in [2.45, 2.75) is 30.8 Å². The highest BCUT2D eigenvalue weighted by Gasteiger charge is 2.06. The van der Waals surface area contributed by atoms with Gasteiger partial charge >= 0.3 is 0 Å². The fraction of sp³-hybridized carbons (Fsp3) is 0.462. The lowest BCUT2D eigenvalue weighted by Gasteiger charge is -2.07. The van der Waals surface area contributed by atoms with Gasteiger partial charge in [0, 0.05) is 16.5 Å². The molecule has 19 heavy (non-hydrogen) atoms.